The summed E-state index contributed by atoms with van der Waals surface area (Å²) in [4.78, 5) is 31.2. The fraction of sp³-hybridized carbons (Fsp3) is 0.227. The summed E-state index contributed by atoms with van der Waals surface area (Å²) in [7, 11) is -3.82. The summed E-state index contributed by atoms with van der Waals surface area (Å²) in [6.07, 6.45) is 1.91. The SMILES string of the molecule is CCCc1nc(-c2ccc3c(c2)N(CC(=O)Nc2ccc(S(N)(=O)=O)cc2)C(=O)CO3)cs1. The average Bonchev–Trinajstić information content (AvgIpc) is 3.24. The minimum absolute atomic E-state index is 0.0607. The monoisotopic (exact) mass is 486 g/mol. The van der Waals surface area contributed by atoms with Crippen LogP contribution in [0.3, 0.4) is 0 Å². The summed E-state index contributed by atoms with van der Waals surface area (Å²) < 4.78 is 28.3. The second-order valence-corrected chi connectivity index (χ2v) is 9.95. The molecular weight excluding hydrogens is 464 g/mol. The molecule has 172 valence electrons. The van der Waals surface area contributed by atoms with Gasteiger partial charge in [-0.2, -0.15) is 0 Å². The maximum absolute atomic E-state index is 12.6. The van der Waals surface area contributed by atoms with E-state index in [0.29, 0.717) is 17.1 Å². The van der Waals surface area contributed by atoms with Gasteiger partial charge in [-0.1, -0.05) is 6.92 Å². The number of ether oxygens (including phenoxy) is 1. The lowest BCUT2D eigenvalue weighted by Crippen LogP contribution is -2.43. The molecule has 0 bridgehead atoms. The van der Waals surface area contributed by atoms with Crippen molar-refractivity contribution in [2.24, 2.45) is 5.14 Å². The third-order valence-electron chi connectivity index (χ3n) is 4.98. The number of hydrogen-bond donors (Lipinski definition) is 2. The molecule has 1 aliphatic rings. The van der Waals surface area contributed by atoms with Gasteiger partial charge in [0.1, 0.15) is 12.3 Å². The van der Waals surface area contributed by atoms with Crippen molar-refractivity contribution in [3.8, 4) is 17.0 Å². The Morgan fingerprint density at radius 1 is 1.24 bits per heavy atom. The average molecular weight is 487 g/mol. The third kappa shape index (κ3) is 5.21. The van der Waals surface area contributed by atoms with E-state index in [0.717, 1.165) is 29.1 Å². The maximum Gasteiger partial charge on any atom is 0.265 e. The standard InChI is InChI=1S/C22H22N4O5S2/c1-2-3-21-25-17(13-32-21)14-4-9-19-18(10-14)26(22(28)12-31-19)11-20(27)24-15-5-7-16(8-6-15)33(23,29)30/h4-10,13H,2-3,11-12H2,1H3,(H,24,27)(H2,23,29,30). The molecule has 9 nitrogen and oxygen atoms in total. The zero-order chi connectivity index (χ0) is 23.6. The highest BCUT2D eigenvalue weighted by Gasteiger charge is 2.28. The van der Waals surface area contributed by atoms with E-state index in [4.69, 9.17) is 9.88 Å². The number of primary sulfonamides is 1. The minimum Gasteiger partial charge on any atom is -0.482 e. The van der Waals surface area contributed by atoms with Crippen molar-refractivity contribution in [2.45, 2.75) is 24.7 Å². The number of nitrogens with two attached hydrogens (primary N) is 1. The van der Waals surface area contributed by atoms with Gasteiger partial charge in [0.25, 0.3) is 5.91 Å². The van der Waals surface area contributed by atoms with Crippen molar-refractivity contribution in [2.75, 3.05) is 23.4 Å². The molecule has 2 amide bonds. The van der Waals surface area contributed by atoms with Crippen LogP contribution in [-0.4, -0.2) is 38.4 Å². The smallest absolute Gasteiger partial charge is 0.265 e. The first kappa shape index (κ1) is 22.9. The van der Waals surface area contributed by atoms with Gasteiger partial charge in [0.15, 0.2) is 6.61 Å². The molecule has 1 aromatic heterocycles. The van der Waals surface area contributed by atoms with E-state index < -0.39 is 15.9 Å². The molecule has 0 saturated carbocycles. The normalized spacial score (nSPS) is 13.4. The molecule has 33 heavy (non-hydrogen) atoms. The molecule has 3 aromatic rings. The Hall–Kier alpha value is -3.28. The number of anilines is 2. The predicted octanol–water partition coefficient (Wildman–Crippen LogP) is 2.77. The van der Waals surface area contributed by atoms with Crippen molar-refractivity contribution in [1.82, 2.24) is 4.98 Å². The summed E-state index contributed by atoms with van der Waals surface area (Å²) in [5.41, 5.74) is 2.51. The third-order valence-corrected chi connectivity index (χ3v) is 6.82. The zero-order valence-electron chi connectivity index (χ0n) is 17.8. The number of aromatic nitrogens is 1. The minimum atomic E-state index is -3.82. The Kier molecular flexibility index (Phi) is 6.45. The number of hydrogen-bond acceptors (Lipinski definition) is 7. The van der Waals surface area contributed by atoms with Crippen LogP contribution in [0.5, 0.6) is 5.75 Å². The molecule has 2 aromatic carbocycles. The molecule has 0 unspecified atom stereocenters. The van der Waals surface area contributed by atoms with Crippen molar-refractivity contribution >= 4 is 44.5 Å². The van der Waals surface area contributed by atoms with Gasteiger partial charge in [0, 0.05) is 16.6 Å². The predicted molar refractivity (Wildman–Crippen MR) is 126 cm³/mol. The number of thiazole rings is 1. The second kappa shape index (κ2) is 9.30. The van der Waals surface area contributed by atoms with Gasteiger partial charge in [0.05, 0.1) is 21.3 Å². The number of rotatable bonds is 7. The molecule has 0 atom stereocenters. The number of carbonyl (C=O) groups excluding carboxylic acids is 2. The first-order chi connectivity index (χ1) is 15.7. The molecule has 0 spiro atoms. The molecule has 11 heteroatoms. The van der Waals surface area contributed by atoms with Crippen LogP contribution in [0.1, 0.15) is 18.4 Å². The summed E-state index contributed by atoms with van der Waals surface area (Å²) in [6.45, 7) is 1.70. The summed E-state index contributed by atoms with van der Waals surface area (Å²) in [6, 6.07) is 10.9. The lowest BCUT2D eigenvalue weighted by atomic mass is 10.1. The first-order valence-electron chi connectivity index (χ1n) is 10.2. The van der Waals surface area contributed by atoms with Crippen LogP contribution in [0.2, 0.25) is 0 Å². The lowest BCUT2D eigenvalue weighted by molar-refractivity contribution is -0.123. The van der Waals surface area contributed by atoms with Crippen molar-refractivity contribution in [3.05, 3.63) is 52.9 Å². The highest BCUT2D eigenvalue weighted by molar-refractivity contribution is 7.89. The molecule has 3 N–H and O–H groups in total. The van der Waals surface area contributed by atoms with E-state index in [1.807, 2.05) is 11.4 Å². The second-order valence-electron chi connectivity index (χ2n) is 7.45. The number of benzene rings is 2. The Bertz CT molecular complexity index is 1300. The number of amides is 2. The van der Waals surface area contributed by atoms with E-state index in [1.165, 1.54) is 29.2 Å². The first-order valence-corrected chi connectivity index (χ1v) is 12.6. The number of nitrogens with one attached hydrogen (secondary N) is 1. The van der Waals surface area contributed by atoms with Gasteiger partial charge < -0.3 is 10.1 Å². The van der Waals surface area contributed by atoms with Crippen molar-refractivity contribution in [3.63, 3.8) is 0 Å². The number of carbonyl (C=O) groups is 2. The van der Waals surface area contributed by atoms with Gasteiger partial charge in [-0.15, -0.1) is 11.3 Å². The van der Waals surface area contributed by atoms with Crippen LogP contribution in [0.4, 0.5) is 11.4 Å². The molecule has 0 saturated heterocycles. The lowest BCUT2D eigenvalue weighted by Gasteiger charge is -2.29. The zero-order valence-corrected chi connectivity index (χ0v) is 19.4. The Morgan fingerprint density at radius 2 is 2.00 bits per heavy atom. The Labute approximate surface area is 195 Å². The van der Waals surface area contributed by atoms with Crippen LogP contribution in [0.25, 0.3) is 11.3 Å². The molecular formula is C22H22N4O5S2. The van der Waals surface area contributed by atoms with Crippen molar-refractivity contribution < 1.29 is 22.7 Å². The fourth-order valence-electron chi connectivity index (χ4n) is 3.38. The molecule has 2 heterocycles. The van der Waals surface area contributed by atoms with E-state index in [1.54, 1.807) is 23.5 Å². The molecule has 1 aliphatic heterocycles. The Morgan fingerprint density at radius 3 is 2.70 bits per heavy atom. The number of fused-ring (bicyclic) bond motifs is 1. The van der Waals surface area contributed by atoms with Crippen LogP contribution in [0, 0.1) is 0 Å². The Balaban J connectivity index is 1.53. The fourth-order valence-corrected chi connectivity index (χ4v) is 4.80. The summed E-state index contributed by atoms with van der Waals surface area (Å²) >= 11 is 1.59. The van der Waals surface area contributed by atoms with Crippen molar-refractivity contribution in [1.29, 1.82) is 0 Å². The quantitative estimate of drug-likeness (QED) is 0.528. The summed E-state index contributed by atoms with van der Waals surface area (Å²) in [5.74, 6) is -0.277. The van der Waals surface area contributed by atoms with Crippen LogP contribution >= 0.6 is 11.3 Å². The summed E-state index contributed by atoms with van der Waals surface area (Å²) in [5, 5.41) is 10.8. The van der Waals surface area contributed by atoms with Crippen LogP contribution < -0.4 is 20.1 Å². The number of aryl methyl sites for hydroxylation is 1. The molecule has 0 aliphatic carbocycles. The van der Waals surface area contributed by atoms with E-state index >= 15 is 0 Å². The highest BCUT2D eigenvalue weighted by atomic mass is 32.2. The van der Waals surface area contributed by atoms with Gasteiger partial charge in [-0.25, -0.2) is 18.5 Å². The van der Waals surface area contributed by atoms with Crippen LogP contribution in [0.15, 0.2) is 52.7 Å². The number of nitrogens with zero attached hydrogens (tertiary/aromatic N) is 2. The number of sulfonamides is 1. The van der Waals surface area contributed by atoms with Gasteiger partial charge in [0.2, 0.25) is 15.9 Å². The van der Waals surface area contributed by atoms with E-state index in [-0.39, 0.29) is 24.0 Å². The van der Waals surface area contributed by atoms with E-state index in [2.05, 4.69) is 17.2 Å². The molecule has 4 rings (SSSR count). The molecule has 0 radical (unpaired) electrons. The maximum atomic E-state index is 12.6. The highest BCUT2D eigenvalue weighted by Crippen LogP contribution is 2.36. The van der Waals surface area contributed by atoms with Gasteiger partial charge in [-0.05, 0) is 55.3 Å². The van der Waals surface area contributed by atoms with Gasteiger partial charge >= 0.3 is 0 Å². The largest absolute Gasteiger partial charge is 0.482 e. The van der Waals surface area contributed by atoms with Crippen LogP contribution in [-0.2, 0) is 26.0 Å². The molecule has 0 fully saturated rings. The topological polar surface area (TPSA) is 132 Å². The van der Waals surface area contributed by atoms with E-state index in [9.17, 15) is 18.0 Å². The van der Waals surface area contributed by atoms with Gasteiger partial charge in [-0.3, -0.25) is 14.5 Å².